The van der Waals surface area contributed by atoms with E-state index in [2.05, 4.69) is 56.1 Å². The van der Waals surface area contributed by atoms with Gasteiger partial charge in [-0.15, -0.1) is 0 Å². The zero-order valence-corrected chi connectivity index (χ0v) is 22.7. The van der Waals surface area contributed by atoms with Gasteiger partial charge in [0.25, 0.3) is 0 Å². The van der Waals surface area contributed by atoms with Crippen molar-refractivity contribution in [1.82, 2.24) is 0 Å². The van der Waals surface area contributed by atoms with E-state index in [0.717, 1.165) is 33.4 Å². The first-order valence-corrected chi connectivity index (χ1v) is 13.6. The number of carbonyl (C=O) groups excluding carboxylic acids is 2. The van der Waals surface area contributed by atoms with Gasteiger partial charge in [-0.05, 0) is 57.6 Å². The van der Waals surface area contributed by atoms with E-state index in [1.165, 1.54) is 4.90 Å². The van der Waals surface area contributed by atoms with Crippen LogP contribution in [0.1, 0.15) is 22.3 Å². The minimum atomic E-state index is -0.787. The van der Waals surface area contributed by atoms with Crippen molar-refractivity contribution in [2.24, 2.45) is 11.8 Å². The van der Waals surface area contributed by atoms with Crippen molar-refractivity contribution >= 4 is 61.0 Å². The Morgan fingerprint density at radius 3 is 1.33 bits per heavy atom. The number of halogens is 3. The van der Waals surface area contributed by atoms with E-state index in [9.17, 15) is 9.59 Å². The predicted octanol–water partition coefficient (Wildman–Crippen LogP) is 7.42. The Labute approximate surface area is 230 Å². The van der Waals surface area contributed by atoms with Crippen LogP contribution in [-0.2, 0) is 18.2 Å². The normalized spacial score (nSPS) is 27.6. The third-order valence-corrected chi connectivity index (χ3v) is 10.8. The molecule has 0 saturated carbocycles. The fraction of sp³-hybridized carbons (Fsp3) is 0.133. The maximum atomic E-state index is 14.1. The van der Waals surface area contributed by atoms with Crippen LogP contribution in [0.5, 0.6) is 0 Å². The van der Waals surface area contributed by atoms with Crippen LogP contribution in [-0.4, -0.2) is 11.8 Å². The van der Waals surface area contributed by atoms with Gasteiger partial charge in [0.05, 0.1) is 26.2 Å². The third-order valence-electron chi connectivity index (χ3n) is 7.89. The lowest BCUT2D eigenvalue weighted by atomic mass is 9.54. The molecule has 36 heavy (non-hydrogen) atoms. The number of hydrogen-bond acceptors (Lipinski definition) is 2. The van der Waals surface area contributed by atoms with Crippen LogP contribution < -0.4 is 4.90 Å². The number of nitrogens with zero attached hydrogens (tertiary/aromatic N) is 1. The van der Waals surface area contributed by atoms with Crippen molar-refractivity contribution in [3.05, 3.63) is 124 Å². The average molecular weight is 620 g/mol. The number of hydrogen-bond donors (Lipinski definition) is 0. The van der Waals surface area contributed by atoms with Gasteiger partial charge >= 0.3 is 0 Å². The number of carbonyl (C=O) groups is 2. The highest BCUT2D eigenvalue weighted by molar-refractivity contribution is 9.10. The van der Waals surface area contributed by atoms with E-state index in [1.807, 2.05) is 72.8 Å². The van der Waals surface area contributed by atoms with Crippen molar-refractivity contribution in [1.29, 1.82) is 0 Å². The molecule has 2 amide bonds. The van der Waals surface area contributed by atoms with Crippen LogP contribution in [0.15, 0.2) is 97.1 Å². The predicted molar refractivity (Wildman–Crippen MR) is 149 cm³/mol. The third kappa shape index (κ3) is 2.69. The molecule has 1 aliphatic heterocycles. The molecule has 0 aromatic heterocycles. The first-order valence-electron chi connectivity index (χ1n) is 11.7. The summed E-state index contributed by atoms with van der Waals surface area (Å²) in [6.45, 7) is 0. The summed E-state index contributed by atoms with van der Waals surface area (Å²) in [5, 5.41) is 0.676. The molecule has 3 nitrogen and oxygen atoms in total. The largest absolute Gasteiger partial charge is 0.274 e. The van der Waals surface area contributed by atoms with Crippen molar-refractivity contribution in [3.8, 4) is 11.1 Å². The maximum Gasteiger partial charge on any atom is 0.239 e. The van der Waals surface area contributed by atoms with Gasteiger partial charge in [0, 0.05) is 5.02 Å². The summed E-state index contributed by atoms with van der Waals surface area (Å²) in [6, 6.07) is 31.4. The highest BCUT2D eigenvalue weighted by Crippen LogP contribution is 2.70. The highest BCUT2D eigenvalue weighted by Gasteiger charge is 2.72. The van der Waals surface area contributed by atoms with Gasteiger partial charge in [0.2, 0.25) is 11.8 Å². The fourth-order valence-electron chi connectivity index (χ4n) is 6.37. The number of imide groups is 1. The van der Waals surface area contributed by atoms with Crippen LogP contribution in [0.25, 0.3) is 11.1 Å². The molecule has 1 saturated heterocycles. The Balaban J connectivity index is 1.37. The van der Waals surface area contributed by atoms with Gasteiger partial charge in [0.1, 0.15) is 0 Å². The van der Waals surface area contributed by atoms with Crippen LogP contribution in [0.4, 0.5) is 5.69 Å². The minimum Gasteiger partial charge on any atom is -0.274 e. The number of alkyl halides is 2. The molecule has 4 aromatic rings. The van der Waals surface area contributed by atoms with E-state index in [-0.39, 0.29) is 11.8 Å². The molecular weight excluding hydrogens is 602 g/mol. The van der Waals surface area contributed by atoms with Gasteiger partial charge in [0.15, 0.2) is 0 Å². The Kier molecular flexibility index (Phi) is 4.77. The number of rotatable bonds is 2. The summed E-state index contributed by atoms with van der Waals surface area (Å²) >= 11 is 14.1. The summed E-state index contributed by atoms with van der Waals surface area (Å²) in [6.07, 6.45) is 0. The second-order valence-corrected chi connectivity index (χ2v) is 12.5. The lowest BCUT2D eigenvalue weighted by molar-refractivity contribution is -0.122. The standard InChI is InChI=1S/C30H18Br2ClNO2/c31-29-21-5-1-2-6-22(21)30(32,24-8-4-3-7-23(24)29)26-25(29)27(35)34(28(26)36)20-15-11-18(12-16-20)17-9-13-19(33)14-10-17/h1-16,25-26H. The van der Waals surface area contributed by atoms with Crippen molar-refractivity contribution in [3.63, 3.8) is 0 Å². The van der Waals surface area contributed by atoms with E-state index in [1.54, 1.807) is 0 Å². The van der Waals surface area contributed by atoms with Crippen LogP contribution >= 0.6 is 43.5 Å². The molecule has 2 bridgehead atoms. The number of amides is 2. The molecule has 6 heteroatoms. The zero-order chi connectivity index (χ0) is 24.8. The van der Waals surface area contributed by atoms with Crippen LogP contribution in [0.2, 0.25) is 5.02 Å². The Morgan fingerprint density at radius 1 is 0.583 bits per heavy atom. The quantitative estimate of drug-likeness (QED) is 0.173. The summed E-state index contributed by atoms with van der Waals surface area (Å²) in [5.74, 6) is -1.53. The monoisotopic (exact) mass is 617 g/mol. The van der Waals surface area contributed by atoms with E-state index in [4.69, 9.17) is 11.6 Å². The molecule has 0 radical (unpaired) electrons. The molecule has 0 N–H and O–H groups in total. The SMILES string of the molecule is O=C1C2C(C(=O)N1c1ccc(-c3ccc(Cl)cc3)cc1)C1(Br)c3ccccc3C2(Br)c2ccccc21. The van der Waals surface area contributed by atoms with Gasteiger partial charge in [-0.1, -0.05) is 116 Å². The first-order chi connectivity index (χ1) is 17.4. The molecule has 176 valence electrons. The highest BCUT2D eigenvalue weighted by atomic mass is 79.9. The Morgan fingerprint density at radius 2 is 0.944 bits per heavy atom. The zero-order valence-electron chi connectivity index (χ0n) is 18.8. The van der Waals surface area contributed by atoms with Crippen LogP contribution in [0, 0.1) is 11.8 Å². The lowest BCUT2D eigenvalue weighted by Crippen LogP contribution is -2.56. The second kappa shape index (κ2) is 7.64. The molecule has 1 heterocycles. The van der Waals surface area contributed by atoms with E-state index >= 15 is 0 Å². The minimum absolute atomic E-state index is 0.186. The molecule has 8 rings (SSSR count). The van der Waals surface area contributed by atoms with E-state index < -0.39 is 20.5 Å². The van der Waals surface area contributed by atoms with Gasteiger partial charge in [-0.25, -0.2) is 4.90 Å². The smallest absolute Gasteiger partial charge is 0.239 e. The van der Waals surface area contributed by atoms with Crippen molar-refractivity contribution in [2.75, 3.05) is 4.90 Å². The summed E-state index contributed by atoms with van der Waals surface area (Å²) in [5.41, 5.74) is 6.70. The maximum absolute atomic E-state index is 14.1. The first kappa shape index (κ1) is 22.5. The second-order valence-electron chi connectivity index (χ2n) is 9.54. The fourth-order valence-corrected chi connectivity index (χ4v) is 8.80. The molecule has 3 aliphatic carbocycles. The summed E-state index contributed by atoms with van der Waals surface area (Å²) in [4.78, 5) is 29.7. The molecule has 0 spiro atoms. The van der Waals surface area contributed by atoms with E-state index in [0.29, 0.717) is 10.7 Å². The lowest BCUT2D eigenvalue weighted by Gasteiger charge is -2.55. The van der Waals surface area contributed by atoms with Crippen molar-refractivity contribution < 1.29 is 9.59 Å². The van der Waals surface area contributed by atoms with Crippen LogP contribution in [0.3, 0.4) is 0 Å². The molecule has 1 fully saturated rings. The number of anilines is 1. The summed E-state index contributed by atoms with van der Waals surface area (Å²) < 4.78 is -1.57. The molecule has 4 aromatic carbocycles. The Bertz CT molecular complexity index is 1460. The molecule has 2 unspecified atom stereocenters. The van der Waals surface area contributed by atoms with Gasteiger partial charge in [-0.2, -0.15) is 0 Å². The van der Waals surface area contributed by atoms with Crippen molar-refractivity contribution in [2.45, 2.75) is 8.65 Å². The van der Waals surface area contributed by atoms with Gasteiger partial charge < -0.3 is 0 Å². The molecule has 2 atom stereocenters. The summed E-state index contributed by atoms with van der Waals surface area (Å²) in [7, 11) is 0. The average Bonchev–Trinajstić information content (AvgIpc) is 3.19. The van der Waals surface area contributed by atoms with Gasteiger partial charge in [-0.3, -0.25) is 9.59 Å². The molecule has 4 aliphatic rings. The topological polar surface area (TPSA) is 37.4 Å². The Hall–Kier alpha value is -2.73. The molecular formula is C30H18Br2ClNO2. The number of benzene rings is 4.